The number of aryl methyl sites for hydroxylation is 3. The molecule has 13 heteroatoms. The van der Waals surface area contributed by atoms with E-state index in [2.05, 4.69) is 47.1 Å². The molecule has 8 rings (SSSR count). The van der Waals surface area contributed by atoms with Crippen molar-refractivity contribution in [2.24, 2.45) is 4.99 Å². The van der Waals surface area contributed by atoms with Crippen LogP contribution in [0, 0.1) is 6.92 Å². The molecule has 3 heterocycles. The van der Waals surface area contributed by atoms with E-state index in [1.165, 1.54) is 5.56 Å². The quantitative estimate of drug-likeness (QED) is 0.124. The Bertz CT molecular complexity index is 2400. The lowest BCUT2D eigenvalue weighted by atomic mass is 9.94. The molecular weight excluding hydrogens is 732 g/mol. The average molecular weight is 768 g/mol. The predicted molar refractivity (Wildman–Crippen MR) is 203 cm³/mol. The van der Waals surface area contributed by atoms with Gasteiger partial charge in [0.1, 0.15) is 34.6 Å². The number of nitrogens with one attached hydrogen (secondary N) is 2. The first kappa shape index (κ1) is 34.1. The van der Waals surface area contributed by atoms with E-state index in [1.807, 2.05) is 67.6 Å². The molecule has 0 saturated carbocycles. The zero-order valence-corrected chi connectivity index (χ0v) is 30.2. The summed E-state index contributed by atoms with van der Waals surface area (Å²) in [6.07, 6.45) is 8.86. The minimum absolute atomic E-state index is 0.0412. The average Bonchev–Trinajstić information content (AvgIpc) is 3.69. The lowest BCUT2D eigenvalue weighted by Crippen LogP contribution is -2.20. The minimum Gasteiger partial charge on any atom is -0.506 e. The van der Waals surface area contributed by atoms with Crippen LogP contribution in [0.25, 0.3) is 16.7 Å². The molecule has 1 unspecified atom stereocenters. The molecule has 0 bridgehead atoms. The molecule has 1 aliphatic heterocycles. The van der Waals surface area contributed by atoms with Gasteiger partial charge in [-0.25, -0.2) is 13.1 Å². The number of para-hydroxylation sites is 2. The van der Waals surface area contributed by atoms with Gasteiger partial charge >= 0.3 is 0 Å². The SMILES string of the molecule is Cc1ccc(C2=CC(c3ccccc3)n3nc(NS(C)(=O)=O)nc3N2)cc1.Oc1ccccc1N=Cc1c(O)c(Br)cc2oc3c(c12)CCCC3. The zero-order chi connectivity index (χ0) is 35.7. The first-order valence-corrected chi connectivity index (χ1v) is 19.1. The van der Waals surface area contributed by atoms with Crippen LogP contribution in [0.4, 0.5) is 17.6 Å². The highest BCUT2D eigenvalue weighted by Gasteiger charge is 2.26. The second kappa shape index (κ2) is 14.1. The number of nitrogens with zero attached hydrogens (tertiary/aromatic N) is 4. The van der Waals surface area contributed by atoms with Crippen LogP contribution in [0.3, 0.4) is 0 Å². The summed E-state index contributed by atoms with van der Waals surface area (Å²) >= 11 is 3.38. The standard InChI is InChI=1S/C19H16BrNO3.C19H19N5O2S/c20-13-9-17-18(11-5-1-4-8-16(11)24-17)12(19(13)23)10-21-14-6-2-3-7-15(14)22;1-13-8-10-14(11-9-13)16-12-17(15-6-4-3-5-7-15)24-19(20-16)21-18(22-24)23-27(2,25)26/h2-3,6-7,9-10,22-23H,1,4-5,8H2;3-12,17H,1-2H3,(H2,20,21,22,23). The van der Waals surface area contributed by atoms with Gasteiger partial charge in [-0.1, -0.05) is 72.3 Å². The zero-order valence-electron chi connectivity index (χ0n) is 27.8. The van der Waals surface area contributed by atoms with Gasteiger partial charge < -0.3 is 19.9 Å². The largest absolute Gasteiger partial charge is 0.506 e. The second-order valence-corrected chi connectivity index (χ2v) is 15.1. The molecule has 1 atom stereocenters. The summed E-state index contributed by atoms with van der Waals surface area (Å²) in [6, 6.07) is 26.5. The Labute approximate surface area is 303 Å². The number of benzene rings is 4. The normalized spacial score (nSPS) is 15.4. The Morgan fingerprint density at radius 1 is 1.02 bits per heavy atom. The van der Waals surface area contributed by atoms with Crippen LogP contribution >= 0.6 is 15.9 Å². The van der Waals surface area contributed by atoms with Gasteiger partial charge in [-0.15, -0.1) is 5.10 Å². The van der Waals surface area contributed by atoms with E-state index >= 15 is 0 Å². The lowest BCUT2D eigenvalue weighted by Gasteiger charge is -2.24. The highest BCUT2D eigenvalue weighted by atomic mass is 79.9. The maximum Gasteiger partial charge on any atom is 0.257 e. The van der Waals surface area contributed by atoms with Gasteiger partial charge in [0.05, 0.1) is 10.7 Å². The van der Waals surface area contributed by atoms with Gasteiger partial charge in [0.2, 0.25) is 16.0 Å². The number of aromatic nitrogens is 3. The number of hydrogen-bond donors (Lipinski definition) is 4. The van der Waals surface area contributed by atoms with Crippen molar-refractivity contribution in [1.29, 1.82) is 0 Å². The van der Waals surface area contributed by atoms with Gasteiger partial charge in [-0.05, 0) is 77.5 Å². The Morgan fingerprint density at radius 3 is 2.49 bits per heavy atom. The predicted octanol–water partition coefficient (Wildman–Crippen LogP) is 8.25. The van der Waals surface area contributed by atoms with Crippen molar-refractivity contribution >= 4 is 66.4 Å². The van der Waals surface area contributed by atoms with Crippen LogP contribution in [0.15, 0.2) is 105 Å². The molecular formula is C38H35BrN6O5S. The number of allylic oxidation sites excluding steroid dienone is 1. The summed E-state index contributed by atoms with van der Waals surface area (Å²) in [6.45, 7) is 2.04. The molecule has 0 amide bonds. The van der Waals surface area contributed by atoms with E-state index in [0.717, 1.165) is 71.1 Å². The molecule has 11 nitrogen and oxygen atoms in total. The second-order valence-electron chi connectivity index (χ2n) is 12.5. The molecule has 6 aromatic rings. The maximum atomic E-state index is 11.5. The number of aromatic hydroxyl groups is 2. The van der Waals surface area contributed by atoms with E-state index in [9.17, 15) is 18.6 Å². The van der Waals surface area contributed by atoms with E-state index < -0.39 is 10.0 Å². The Balaban J connectivity index is 0.000000160. The van der Waals surface area contributed by atoms with Crippen LogP contribution < -0.4 is 10.0 Å². The van der Waals surface area contributed by atoms with E-state index in [0.29, 0.717) is 21.7 Å². The summed E-state index contributed by atoms with van der Waals surface area (Å²) in [5, 5.41) is 28.9. The molecule has 4 aromatic carbocycles. The highest BCUT2D eigenvalue weighted by Crippen LogP contribution is 2.41. The van der Waals surface area contributed by atoms with Crippen LogP contribution in [-0.4, -0.2) is 45.9 Å². The molecule has 260 valence electrons. The molecule has 1 aliphatic carbocycles. The molecule has 4 N–H and O–H groups in total. The van der Waals surface area contributed by atoms with Gasteiger partial charge in [0, 0.05) is 34.8 Å². The first-order chi connectivity index (χ1) is 24.5. The monoisotopic (exact) mass is 766 g/mol. The summed E-state index contributed by atoms with van der Waals surface area (Å²) in [7, 11) is -3.46. The van der Waals surface area contributed by atoms with Gasteiger partial charge in [-0.3, -0.25) is 9.71 Å². The smallest absolute Gasteiger partial charge is 0.257 e. The highest BCUT2D eigenvalue weighted by molar-refractivity contribution is 9.10. The molecule has 51 heavy (non-hydrogen) atoms. The van der Waals surface area contributed by atoms with E-state index in [1.54, 1.807) is 35.2 Å². The third-order valence-electron chi connectivity index (χ3n) is 8.67. The summed E-state index contributed by atoms with van der Waals surface area (Å²) < 4.78 is 33.7. The molecule has 0 radical (unpaired) electrons. The summed E-state index contributed by atoms with van der Waals surface area (Å²) in [4.78, 5) is 8.67. The van der Waals surface area contributed by atoms with Gasteiger partial charge in [-0.2, -0.15) is 4.98 Å². The topological polar surface area (TPSA) is 155 Å². The summed E-state index contributed by atoms with van der Waals surface area (Å²) in [5.74, 6) is 1.77. The Morgan fingerprint density at radius 2 is 1.75 bits per heavy atom. The number of rotatable bonds is 6. The minimum atomic E-state index is -3.46. The van der Waals surface area contributed by atoms with E-state index in [4.69, 9.17) is 4.42 Å². The number of anilines is 2. The van der Waals surface area contributed by atoms with Gasteiger partial charge in [0.25, 0.3) is 5.95 Å². The number of fused-ring (bicyclic) bond motifs is 4. The number of phenols is 2. The van der Waals surface area contributed by atoms with Crippen molar-refractivity contribution in [3.8, 4) is 11.5 Å². The van der Waals surface area contributed by atoms with Crippen LogP contribution in [0.1, 0.15) is 52.5 Å². The molecule has 0 spiro atoms. The first-order valence-electron chi connectivity index (χ1n) is 16.4. The Hall–Kier alpha value is -5.40. The van der Waals surface area contributed by atoms with Crippen molar-refractivity contribution in [2.45, 2.75) is 38.6 Å². The van der Waals surface area contributed by atoms with Crippen molar-refractivity contribution in [1.82, 2.24) is 14.8 Å². The summed E-state index contributed by atoms with van der Waals surface area (Å²) in [5.41, 5.74) is 7.13. The van der Waals surface area contributed by atoms with Crippen molar-refractivity contribution < 1.29 is 23.0 Å². The molecule has 0 fully saturated rings. The third-order valence-corrected chi connectivity index (χ3v) is 9.83. The molecule has 2 aliphatic rings. The maximum absolute atomic E-state index is 11.5. The fraction of sp³-hybridized carbons (Fsp3) is 0.184. The number of aliphatic imine (C=N–C) groups is 1. The number of halogens is 1. The number of hydrogen-bond acceptors (Lipinski definition) is 9. The Kier molecular flexibility index (Phi) is 9.40. The van der Waals surface area contributed by atoms with Crippen molar-refractivity contribution in [3.63, 3.8) is 0 Å². The number of phenolic OH excluding ortho intramolecular Hbond substituents is 2. The van der Waals surface area contributed by atoms with E-state index in [-0.39, 0.29) is 23.5 Å². The molecule has 2 aromatic heterocycles. The van der Waals surface area contributed by atoms with Crippen LogP contribution in [-0.2, 0) is 22.9 Å². The number of sulfonamides is 1. The van der Waals surface area contributed by atoms with Crippen LogP contribution in [0.5, 0.6) is 11.5 Å². The fourth-order valence-corrected chi connectivity index (χ4v) is 7.08. The van der Waals surface area contributed by atoms with Crippen molar-refractivity contribution in [3.05, 3.63) is 129 Å². The third kappa shape index (κ3) is 7.40. The van der Waals surface area contributed by atoms with Crippen molar-refractivity contribution in [2.75, 3.05) is 16.3 Å². The fourth-order valence-electron chi connectivity index (χ4n) is 6.24. The lowest BCUT2D eigenvalue weighted by molar-refractivity contribution is 0.471. The molecule has 0 saturated heterocycles. The van der Waals surface area contributed by atoms with Crippen LogP contribution in [0.2, 0.25) is 0 Å². The van der Waals surface area contributed by atoms with Gasteiger partial charge in [0.15, 0.2) is 0 Å². The number of furan rings is 1.